The lowest BCUT2D eigenvalue weighted by molar-refractivity contribution is 0.111. The highest BCUT2D eigenvalue weighted by molar-refractivity contribution is 9.10. The summed E-state index contributed by atoms with van der Waals surface area (Å²) in [4.78, 5) is 67.6. The standard InChI is InChI=1S/C23H23NO2.C22H19NO.C19H19NO2.C18H16BrNO.C18H17NO.C12H13NO/c1-25-18-9-7-15-12-17(8-6-16(15)13-18)24-22-5-3-4-20(22)21-14-19(26-2)10-11-23(21)24;24-14-15-11-12-22-19(13-15)18-8-4-10-21(18)23(22)20-9-3-6-16-5-1-2-7-17(16)20;1-22-15-8-6-14(7-9-15)20-18-4-2-3-16(18)17-11-13(12-21)5-10-19(17)20;19-13-5-7-14(8-6-13)20-17-3-1-2-15(17)16-10-12(11-21)4-9-18(16)20;20-12-13-9-10-18-16(11-13)15-7-4-8-17(15)19(18)14-5-2-1-3-6-14;14-7-8-4-5-12-10(6-8)9-2-1-3-11(9)13-12/h6-14,20,22H,3-5H2,1-2H3;1-3,5-7,9,11-14,18,21H,4,8,10H2;5-12,16,18H,2-4H2,1H3;4-11,15,17H,1-3H2;1-3,5-6,9-12,15,17H,4,7-8H2;4-7,9,11,13H,1-3H2. The van der Waals surface area contributed by atoms with Gasteiger partial charge in [-0.1, -0.05) is 121 Å². The number of halogens is 1. The summed E-state index contributed by atoms with van der Waals surface area (Å²) in [5.41, 5.74) is 26.1. The number of rotatable bonds is 13. The van der Waals surface area contributed by atoms with Crippen LogP contribution in [-0.4, -0.2) is 89.0 Å². The summed E-state index contributed by atoms with van der Waals surface area (Å²) >= 11 is 3.50. The van der Waals surface area contributed by atoms with Crippen LogP contribution in [0.4, 0.5) is 62.6 Å². The van der Waals surface area contributed by atoms with E-state index in [9.17, 15) is 24.0 Å². The van der Waals surface area contributed by atoms with Crippen LogP contribution in [0.3, 0.4) is 0 Å². The first-order valence-electron chi connectivity index (χ1n) is 45.9. The number of hydrogen-bond acceptors (Lipinski definition) is 14. The lowest BCUT2D eigenvalue weighted by Gasteiger charge is -2.28. The van der Waals surface area contributed by atoms with Gasteiger partial charge in [-0.15, -0.1) is 0 Å². The van der Waals surface area contributed by atoms with Gasteiger partial charge in [0.15, 0.2) is 0 Å². The molecule has 0 bridgehead atoms. The predicted octanol–water partition coefficient (Wildman–Crippen LogP) is 27.3. The number of anilines is 11. The van der Waals surface area contributed by atoms with Crippen LogP contribution in [0.2, 0.25) is 0 Å². The van der Waals surface area contributed by atoms with E-state index in [4.69, 9.17) is 14.2 Å². The molecule has 6 saturated carbocycles. The van der Waals surface area contributed by atoms with Crippen LogP contribution in [0.1, 0.15) is 236 Å². The topological polar surface area (TPSA) is 141 Å². The maximum Gasteiger partial charge on any atom is 0.150 e. The first-order valence-corrected chi connectivity index (χ1v) is 46.7. The summed E-state index contributed by atoms with van der Waals surface area (Å²) in [5, 5.41) is 8.58. The number of nitrogens with zero attached hydrogens (tertiary/aromatic N) is 5. The molecule has 1 N–H and O–H groups in total. The molecule has 6 aliphatic carbocycles. The molecule has 13 aromatic carbocycles. The Balaban J connectivity index is 0.0000000966. The van der Waals surface area contributed by atoms with Crippen LogP contribution in [0, 0.1) is 0 Å². The second-order valence-electron chi connectivity index (χ2n) is 36.2. The van der Waals surface area contributed by atoms with Crippen molar-refractivity contribution in [3.8, 4) is 17.2 Å². The monoisotopic (exact) mass is 1740 g/mol. The van der Waals surface area contributed by atoms with Crippen molar-refractivity contribution >= 4 is 131 Å². The molecular weight excluding hydrogens is 1640 g/mol. The molecule has 127 heavy (non-hydrogen) atoms. The second kappa shape index (κ2) is 36.0. The third kappa shape index (κ3) is 15.6. The molecule has 0 radical (unpaired) electrons. The maximum absolute atomic E-state index is 11.2. The number of methoxy groups -OCH3 is 3. The summed E-state index contributed by atoms with van der Waals surface area (Å²) in [6.45, 7) is 0. The lowest BCUT2D eigenvalue weighted by atomic mass is 9.96. The van der Waals surface area contributed by atoms with Crippen LogP contribution in [0.25, 0.3) is 21.5 Å². The molecule has 25 rings (SSSR count). The van der Waals surface area contributed by atoms with Crippen LogP contribution < -0.4 is 44.0 Å². The molecule has 14 nitrogen and oxygen atoms in total. The average molecular weight is 1750 g/mol. The van der Waals surface area contributed by atoms with E-state index in [2.05, 4.69) is 252 Å². The maximum atomic E-state index is 11.2. The minimum atomic E-state index is 0.519. The third-order valence-electron chi connectivity index (χ3n) is 29.6. The van der Waals surface area contributed by atoms with E-state index in [0.29, 0.717) is 71.8 Å². The number of fused-ring (bicyclic) bond motifs is 20. The molecule has 12 atom stereocenters. The molecular formula is C112H107BrN6O8. The quantitative estimate of drug-likeness (QED) is 0.109. The van der Waals surface area contributed by atoms with Gasteiger partial charge in [0.25, 0.3) is 0 Å². The summed E-state index contributed by atoms with van der Waals surface area (Å²) in [6.07, 6.45) is 27.3. The van der Waals surface area contributed by atoms with E-state index >= 15 is 0 Å². The minimum Gasteiger partial charge on any atom is -0.497 e. The number of hydrogen-bond donors (Lipinski definition) is 1. The molecule has 0 amide bonds. The van der Waals surface area contributed by atoms with Crippen molar-refractivity contribution in [2.75, 3.05) is 51.1 Å². The molecule has 0 aromatic heterocycles. The van der Waals surface area contributed by atoms with Gasteiger partial charge in [-0.05, 0) is 327 Å². The number of ether oxygens (including phenoxy) is 3. The van der Waals surface area contributed by atoms with Crippen molar-refractivity contribution in [3.05, 3.63) is 333 Å². The highest BCUT2D eigenvalue weighted by atomic mass is 79.9. The van der Waals surface area contributed by atoms with E-state index in [1.165, 1.54) is 233 Å². The van der Waals surface area contributed by atoms with Crippen molar-refractivity contribution in [2.24, 2.45) is 0 Å². The van der Waals surface area contributed by atoms with Gasteiger partial charge < -0.3 is 44.0 Å². The van der Waals surface area contributed by atoms with Gasteiger partial charge in [0.2, 0.25) is 0 Å². The largest absolute Gasteiger partial charge is 0.497 e. The Morgan fingerprint density at radius 2 is 0.630 bits per heavy atom. The van der Waals surface area contributed by atoms with Gasteiger partial charge in [0.1, 0.15) is 48.7 Å². The van der Waals surface area contributed by atoms with Crippen molar-refractivity contribution in [1.29, 1.82) is 0 Å². The number of aldehydes is 5. The predicted molar refractivity (Wildman–Crippen MR) is 517 cm³/mol. The fourth-order valence-electron chi connectivity index (χ4n) is 24.0. The van der Waals surface area contributed by atoms with Gasteiger partial charge in [0.05, 0.1) is 21.3 Å². The average Bonchev–Trinajstić information content (AvgIpc) is 1.63. The van der Waals surface area contributed by atoms with Crippen molar-refractivity contribution in [3.63, 3.8) is 0 Å². The molecule has 6 heterocycles. The molecule has 0 saturated heterocycles. The fraction of sp³-hybridized carbons (Fsp3) is 0.295. The van der Waals surface area contributed by atoms with Gasteiger partial charge in [0, 0.05) is 172 Å². The van der Waals surface area contributed by atoms with Crippen LogP contribution in [-0.2, 0) is 0 Å². The van der Waals surface area contributed by atoms with Gasteiger partial charge in [-0.25, -0.2) is 0 Å². The summed E-state index contributed by atoms with van der Waals surface area (Å²) < 4.78 is 17.2. The van der Waals surface area contributed by atoms with Crippen LogP contribution in [0.5, 0.6) is 17.2 Å². The normalized spacial score (nSPS) is 22.9. The number of carbonyl (C=O) groups is 5. The Hall–Kier alpha value is -12.6. The Morgan fingerprint density at radius 1 is 0.276 bits per heavy atom. The SMILES string of the molecule is COc1ccc(N2c3ccc(C=O)cc3C3CCCC32)cc1.COc1ccc2c(c1)C1CCCC1N2c1ccc2cc(OC)ccc2c1.O=Cc1ccc2c(c1)C1CCCC1N2.O=Cc1ccc2c(c1)C1CCCC1N2c1ccc(Br)cc1.O=Cc1ccc2c(c1)C1CCCC1N2c1cccc2ccccc12.O=Cc1ccc2c(c1)C1CCCC1N2c1ccccc1. The molecule has 15 heteroatoms. The van der Waals surface area contributed by atoms with Crippen LogP contribution in [0.15, 0.2) is 271 Å². The Morgan fingerprint density at radius 3 is 1.13 bits per heavy atom. The fourth-order valence-corrected chi connectivity index (χ4v) is 24.3. The Labute approximate surface area is 753 Å². The Bertz CT molecular complexity index is 6290. The zero-order valence-corrected chi connectivity index (χ0v) is 73.9. The van der Waals surface area contributed by atoms with Crippen LogP contribution >= 0.6 is 15.9 Å². The van der Waals surface area contributed by atoms with Gasteiger partial charge in [-0.3, -0.25) is 24.0 Å². The summed E-state index contributed by atoms with van der Waals surface area (Å²) in [6, 6.07) is 96.0. The lowest BCUT2D eigenvalue weighted by Crippen LogP contribution is -2.26. The molecule has 640 valence electrons. The molecule has 6 aliphatic heterocycles. The number of carbonyl (C=O) groups excluding carboxylic acids is 5. The van der Waals surface area contributed by atoms with E-state index in [-0.39, 0.29) is 0 Å². The third-order valence-corrected chi connectivity index (χ3v) is 30.2. The number of benzene rings is 13. The van der Waals surface area contributed by atoms with Crippen molar-refractivity contribution < 1.29 is 38.2 Å². The molecule has 13 aromatic rings. The first-order chi connectivity index (χ1) is 62.5. The second-order valence-corrected chi connectivity index (χ2v) is 37.1. The summed E-state index contributed by atoms with van der Waals surface area (Å²) in [7, 11) is 5.15. The number of para-hydroxylation sites is 1. The highest BCUT2D eigenvalue weighted by Gasteiger charge is 2.48. The van der Waals surface area contributed by atoms with Crippen molar-refractivity contribution in [1.82, 2.24) is 0 Å². The van der Waals surface area contributed by atoms with Gasteiger partial charge >= 0.3 is 0 Å². The zero-order chi connectivity index (χ0) is 86.3. The molecule has 12 unspecified atom stereocenters. The van der Waals surface area contributed by atoms with E-state index < -0.39 is 0 Å². The number of nitrogens with one attached hydrogen (secondary N) is 1. The minimum absolute atomic E-state index is 0.519. The van der Waals surface area contributed by atoms with E-state index in [0.717, 1.165) is 81.0 Å². The van der Waals surface area contributed by atoms with E-state index in [1.54, 1.807) is 21.3 Å². The van der Waals surface area contributed by atoms with E-state index in [1.807, 2.05) is 60.7 Å². The smallest absolute Gasteiger partial charge is 0.150 e. The van der Waals surface area contributed by atoms with Gasteiger partial charge in [-0.2, -0.15) is 0 Å². The molecule has 0 spiro atoms. The summed E-state index contributed by atoms with van der Waals surface area (Å²) in [5.74, 6) is 6.28. The zero-order valence-electron chi connectivity index (χ0n) is 72.3. The first kappa shape index (κ1) is 82.7. The molecule has 12 aliphatic rings. The highest BCUT2D eigenvalue weighted by Crippen LogP contribution is 2.59. The van der Waals surface area contributed by atoms with Crippen molar-refractivity contribution in [2.45, 2.75) is 187 Å². The molecule has 6 fully saturated rings. The Kier molecular flexibility index (Phi) is 23.5.